The number of nitrogens with one attached hydrogen (secondary N) is 3. The van der Waals surface area contributed by atoms with E-state index in [0.717, 1.165) is 29.3 Å². The van der Waals surface area contributed by atoms with E-state index in [2.05, 4.69) is 16.0 Å². The van der Waals surface area contributed by atoms with Crippen LogP contribution in [0.4, 0.5) is 8.78 Å². The summed E-state index contributed by atoms with van der Waals surface area (Å²) in [5.41, 5.74) is 2.08. The largest absolute Gasteiger partial charge is 0.347 e. The fraction of sp³-hybridized carbons (Fsp3) is 0.276. The molecule has 0 saturated carbocycles. The highest BCUT2D eigenvalue weighted by atomic mass is 19.1. The molecule has 3 N–H and O–H groups in total. The maximum Gasteiger partial charge on any atom is 0.243 e. The van der Waals surface area contributed by atoms with Gasteiger partial charge in [0.15, 0.2) is 0 Å². The molecule has 0 aliphatic carbocycles. The molecule has 192 valence electrons. The van der Waals surface area contributed by atoms with Crippen molar-refractivity contribution in [1.29, 1.82) is 0 Å². The molecule has 0 spiro atoms. The van der Waals surface area contributed by atoms with E-state index in [1.807, 2.05) is 60.7 Å². The standard InChI is InChI=1S/C29H29F2N3O3/c1-18(32-26(35)16-19-14-22(30)17-23(31)15-19)28(36)34-27-24(20-8-4-2-5-9-20)12-13-25(33-29(27)37)21-10-6-3-7-11-21/h2-11,14-15,17-18,24-25,27H,12-13,16H2,1H3,(H,32,35)(H,33,37)(H,34,36)/t18-,24+,25+,27-/m0/s1. The molecule has 1 heterocycles. The molecule has 0 radical (unpaired) electrons. The molecule has 4 rings (SSSR count). The zero-order valence-electron chi connectivity index (χ0n) is 20.4. The van der Waals surface area contributed by atoms with Gasteiger partial charge in [0, 0.05) is 12.0 Å². The number of carbonyl (C=O) groups excluding carboxylic acids is 3. The normalized spacial score (nSPS) is 20.3. The second-order valence-corrected chi connectivity index (χ2v) is 9.30. The third-order valence-corrected chi connectivity index (χ3v) is 6.55. The second-order valence-electron chi connectivity index (χ2n) is 9.30. The van der Waals surface area contributed by atoms with Crippen LogP contribution in [0.2, 0.25) is 0 Å². The van der Waals surface area contributed by atoms with Crippen LogP contribution in [0.3, 0.4) is 0 Å². The number of hydrogen-bond acceptors (Lipinski definition) is 3. The summed E-state index contributed by atoms with van der Waals surface area (Å²) in [4.78, 5) is 38.9. The van der Waals surface area contributed by atoms with Gasteiger partial charge in [0.1, 0.15) is 23.7 Å². The number of benzene rings is 3. The van der Waals surface area contributed by atoms with E-state index in [0.29, 0.717) is 12.8 Å². The van der Waals surface area contributed by atoms with Gasteiger partial charge in [-0.15, -0.1) is 0 Å². The first-order chi connectivity index (χ1) is 17.8. The number of rotatable bonds is 7. The Bertz CT molecular complexity index is 1230. The Balaban J connectivity index is 1.47. The van der Waals surface area contributed by atoms with E-state index in [4.69, 9.17) is 0 Å². The van der Waals surface area contributed by atoms with Crippen molar-refractivity contribution in [3.8, 4) is 0 Å². The fourth-order valence-corrected chi connectivity index (χ4v) is 4.72. The van der Waals surface area contributed by atoms with Gasteiger partial charge >= 0.3 is 0 Å². The van der Waals surface area contributed by atoms with Crippen LogP contribution in [0, 0.1) is 11.6 Å². The van der Waals surface area contributed by atoms with Crippen molar-refractivity contribution in [2.24, 2.45) is 0 Å². The molecule has 1 saturated heterocycles. The molecular weight excluding hydrogens is 476 g/mol. The van der Waals surface area contributed by atoms with Crippen LogP contribution in [-0.2, 0) is 20.8 Å². The maximum absolute atomic E-state index is 13.4. The highest BCUT2D eigenvalue weighted by molar-refractivity contribution is 5.93. The van der Waals surface area contributed by atoms with Crippen LogP contribution in [0.15, 0.2) is 78.9 Å². The Kier molecular flexibility index (Phi) is 8.28. The van der Waals surface area contributed by atoms with Gasteiger partial charge in [-0.1, -0.05) is 60.7 Å². The number of halogens is 2. The molecule has 1 aliphatic heterocycles. The van der Waals surface area contributed by atoms with Crippen molar-refractivity contribution in [2.45, 2.75) is 50.2 Å². The predicted molar refractivity (Wildman–Crippen MR) is 135 cm³/mol. The molecule has 1 fully saturated rings. The smallest absolute Gasteiger partial charge is 0.243 e. The lowest BCUT2D eigenvalue weighted by atomic mass is 9.86. The molecule has 1 aliphatic rings. The quantitative estimate of drug-likeness (QED) is 0.455. The summed E-state index contributed by atoms with van der Waals surface area (Å²) in [7, 11) is 0. The van der Waals surface area contributed by atoms with E-state index in [1.54, 1.807) is 0 Å². The monoisotopic (exact) mass is 505 g/mol. The predicted octanol–water partition coefficient (Wildman–Crippen LogP) is 3.93. The van der Waals surface area contributed by atoms with Gasteiger partial charge in [0.2, 0.25) is 17.7 Å². The molecule has 3 amide bonds. The highest BCUT2D eigenvalue weighted by Crippen LogP contribution is 2.33. The van der Waals surface area contributed by atoms with E-state index < -0.39 is 35.5 Å². The topological polar surface area (TPSA) is 87.3 Å². The Labute approximate surface area is 214 Å². The number of amides is 3. The van der Waals surface area contributed by atoms with E-state index in [9.17, 15) is 23.2 Å². The van der Waals surface area contributed by atoms with Gasteiger partial charge in [0.25, 0.3) is 0 Å². The SMILES string of the molecule is C[C@H](NC(=O)Cc1cc(F)cc(F)c1)C(=O)N[C@@H]1C(=O)N[C@@H](c2ccccc2)CC[C@@H]1c1ccccc1. The molecule has 0 unspecified atom stereocenters. The Hall–Kier alpha value is -4.07. The number of carbonyl (C=O) groups is 3. The van der Waals surface area contributed by atoms with Crippen molar-refractivity contribution in [3.05, 3.63) is 107 Å². The average molecular weight is 506 g/mol. The lowest BCUT2D eigenvalue weighted by Gasteiger charge is -2.26. The third kappa shape index (κ3) is 6.78. The van der Waals surface area contributed by atoms with Crippen LogP contribution < -0.4 is 16.0 Å². The summed E-state index contributed by atoms with van der Waals surface area (Å²) in [6.45, 7) is 1.50. The molecular formula is C29H29F2N3O3. The van der Waals surface area contributed by atoms with E-state index >= 15 is 0 Å². The molecule has 37 heavy (non-hydrogen) atoms. The van der Waals surface area contributed by atoms with Crippen molar-refractivity contribution < 1.29 is 23.2 Å². The van der Waals surface area contributed by atoms with Crippen molar-refractivity contribution >= 4 is 17.7 Å². The lowest BCUT2D eigenvalue weighted by Crippen LogP contribution is -2.54. The summed E-state index contributed by atoms with van der Waals surface area (Å²) in [5, 5.41) is 8.44. The van der Waals surface area contributed by atoms with Gasteiger partial charge in [-0.05, 0) is 48.6 Å². The van der Waals surface area contributed by atoms with Crippen LogP contribution in [0.5, 0.6) is 0 Å². The zero-order valence-corrected chi connectivity index (χ0v) is 20.4. The molecule has 6 nitrogen and oxygen atoms in total. The van der Waals surface area contributed by atoms with E-state index in [-0.39, 0.29) is 29.9 Å². The summed E-state index contributed by atoms with van der Waals surface area (Å²) in [6.07, 6.45) is 1.05. The minimum atomic E-state index is -0.969. The fourth-order valence-electron chi connectivity index (χ4n) is 4.72. The van der Waals surface area contributed by atoms with Gasteiger partial charge in [-0.2, -0.15) is 0 Å². The Morgan fingerprint density at radius 1 is 0.919 bits per heavy atom. The first kappa shape index (κ1) is 26.0. The average Bonchev–Trinajstić information content (AvgIpc) is 3.03. The molecule has 3 aromatic rings. The minimum Gasteiger partial charge on any atom is -0.347 e. The van der Waals surface area contributed by atoms with Crippen molar-refractivity contribution in [2.75, 3.05) is 0 Å². The van der Waals surface area contributed by atoms with Gasteiger partial charge in [-0.25, -0.2) is 8.78 Å². The molecule has 0 aromatic heterocycles. The van der Waals surface area contributed by atoms with Crippen molar-refractivity contribution in [3.63, 3.8) is 0 Å². The summed E-state index contributed by atoms with van der Waals surface area (Å²) in [5.74, 6) is -3.23. The Morgan fingerprint density at radius 2 is 1.51 bits per heavy atom. The first-order valence-electron chi connectivity index (χ1n) is 12.2. The second kappa shape index (κ2) is 11.8. The van der Waals surface area contributed by atoms with E-state index in [1.165, 1.54) is 6.92 Å². The number of hydrogen-bond donors (Lipinski definition) is 3. The molecule has 4 atom stereocenters. The highest BCUT2D eigenvalue weighted by Gasteiger charge is 2.36. The first-order valence-corrected chi connectivity index (χ1v) is 12.2. The van der Waals surface area contributed by atoms with Crippen LogP contribution >= 0.6 is 0 Å². The Morgan fingerprint density at radius 3 is 2.14 bits per heavy atom. The zero-order chi connectivity index (χ0) is 26.4. The molecule has 8 heteroatoms. The van der Waals surface area contributed by atoms with Gasteiger partial charge in [0.05, 0.1) is 12.5 Å². The maximum atomic E-state index is 13.4. The summed E-state index contributed by atoms with van der Waals surface area (Å²) in [6, 6.07) is 20.1. The van der Waals surface area contributed by atoms with Crippen molar-refractivity contribution in [1.82, 2.24) is 16.0 Å². The summed E-state index contributed by atoms with van der Waals surface area (Å²) < 4.78 is 26.9. The van der Waals surface area contributed by atoms with Crippen LogP contribution in [0.1, 0.15) is 48.4 Å². The lowest BCUT2D eigenvalue weighted by molar-refractivity contribution is -0.132. The van der Waals surface area contributed by atoms with Gasteiger partial charge in [-0.3, -0.25) is 14.4 Å². The molecule has 0 bridgehead atoms. The van der Waals surface area contributed by atoms with Crippen LogP contribution in [0.25, 0.3) is 0 Å². The minimum absolute atomic E-state index is 0.154. The third-order valence-electron chi connectivity index (χ3n) is 6.55. The summed E-state index contributed by atoms with van der Waals surface area (Å²) >= 11 is 0. The van der Waals surface area contributed by atoms with Crippen LogP contribution in [-0.4, -0.2) is 29.8 Å². The molecule has 3 aromatic carbocycles. The van der Waals surface area contributed by atoms with Gasteiger partial charge < -0.3 is 16.0 Å².